The minimum Gasteiger partial charge on any atom is -0.378 e. The minimum absolute atomic E-state index is 0.00123. The van der Waals surface area contributed by atoms with Crippen molar-refractivity contribution in [3.63, 3.8) is 0 Å². The second-order valence-electron chi connectivity index (χ2n) is 16.0. The van der Waals surface area contributed by atoms with Gasteiger partial charge in [0.2, 0.25) is 17.7 Å². The summed E-state index contributed by atoms with van der Waals surface area (Å²) in [6.45, 7) is 8.53. The third-order valence-corrected chi connectivity index (χ3v) is 12.2. The Morgan fingerprint density at radius 3 is 2.38 bits per heavy atom. The fourth-order valence-corrected chi connectivity index (χ4v) is 9.35. The highest BCUT2D eigenvalue weighted by atomic mass is 32.1. The zero-order valence-corrected chi connectivity index (χ0v) is 32.8. The number of hydrogen-bond donors (Lipinski definition) is 2. The number of carbonyl (C=O) groups is 4. The number of anilines is 2. The van der Waals surface area contributed by atoms with E-state index in [9.17, 15) is 37.6 Å². The van der Waals surface area contributed by atoms with Crippen molar-refractivity contribution in [1.82, 2.24) is 20.1 Å². The van der Waals surface area contributed by atoms with Gasteiger partial charge in [-0.2, -0.15) is 18.4 Å². The molecule has 6 rings (SSSR count). The fourth-order valence-electron chi connectivity index (χ4n) is 8.78. The summed E-state index contributed by atoms with van der Waals surface area (Å²) in [5, 5.41) is 14.6. The Kier molecular flexibility index (Phi) is 12.2. The molecular formula is C40H48F3N7O5S. The van der Waals surface area contributed by atoms with E-state index in [0.717, 1.165) is 57.1 Å². The summed E-state index contributed by atoms with van der Waals surface area (Å²) in [5.41, 5.74) is -1.57. The molecule has 4 amide bonds. The van der Waals surface area contributed by atoms with Crippen LogP contribution in [0.25, 0.3) is 0 Å². The molecule has 2 aromatic rings. The van der Waals surface area contributed by atoms with Crippen LogP contribution in [0.4, 0.5) is 24.5 Å². The van der Waals surface area contributed by atoms with Crippen molar-refractivity contribution in [3.8, 4) is 6.07 Å². The van der Waals surface area contributed by atoms with Crippen LogP contribution in [0.5, 0.6) is 0 Å². The number of benzene rings is 1. The van der Waals surface area contributed by atoms with E-state index in [-0.39, 0.29) is 65.7 Å². The molecule has 16 heteroatoms. The topological polar surface area (TPSA) is 148 Å². The largest absolute Gasteiger partial charge is 0.417 e. The van der Waals surface area contributed by atoms with Crippen molar-refractivity contribution < 1.29 is 37.1 Å². The first-order valence-corrected chi connectivity index (χ1v) is 19.6. The Morgan fingerprint density at radius 1 is 1.07 bits per heavy atom. The molecule has 300 valence electrons. The second-order valence-corrected chi connectivity index (χ2v) is 16.4. The average molecular weight is 796 g/mol. The maximum absolute atomic E-state index is 13.7. The first-order chi connectivity index (χ1) is 26.5. The number of piperidine rings is 2. The lowest BCUT2D eigenvalue weighted by atomic mass is 9.82. The van der Waals surface area contributed by atoms with Crippen molar-refractivity contribution in [1.29, 1.82) is 5.26 Å². The van der Waals surface area contributed by atoms with Crippen LogP contribution in [0.15, 0.2) is 36.5 Å². The van der Waals surface area contributed by atoms with E-state index in [4.69, 9.17) is 17.0 Å². The number of imide groups is 1. The molecule has 1 aromatic carbocycles. The zero-order valence-electron chi connectivity index (χ0n) is 32.0. The molecule has 3 aliphatic heterocycles. The third-order valence-electron chi connectivity index (χ3n) is 11.8. The first-order valence-electron chi connectivity index (χ1n) is 19.2. The normalized spacial score (nSPS) is 27.2. The molecule has 56 heavy (non-hydrogen) atoms. The molecule has 1 saturated carbocycles. The summed E-state index contributed by atoms with van der Waals surface area (Å²) >= 11 is 5.75. The third kappa shape index (κ3) is 8.74. The smallest absolute Gasteiger partial charge is 0.378 e. The second kappa shape index (κ2) is 16.6. The van der Waals surface area contributed by atoms with Crippen LogP contribution in [0, 0.1) is 17.2 Å². The summed E-state index contributed by atoms with van der Waals surface area (Å²) in [5.74, 6) is -1.26. The molecule has 0 bridgehead atoms. The predicted molar refractivity (Wildman–Crippen MR) is 205 cm³/mol. The molecule has 0 radical (unpaired) electrons. The van der Waals surface area contributed by atoms with Crippen molar-refractivity contribution in [2.45, 2.75) is 127 Å². The Labute approximate surface area is 330 Å². The molecule has 1 aliphatic carbocycles. The maximum Gasteiger partial charge on any atom is 0.417 e. The van der Waals surface area contributed by atoms with Gasteiger partial charge in [-0.05, 0) is 128 Å². The van der Waals surface area contributed by atoms with Crippen molar-refractivity contribution in [3.05, 3.63) is 53.3 Å². The highest BCUT2D eigenvalue weighted by molar-refractivity contribution is 7.80. The van der Waals surface area contributed by atoms with Gasteiger partial charge < -0.3 is 15.0 Å². The van der Waals surface area contributed by atoms with Gasteiger partial charge in [0, 0.05) is 31.2 Å². The van der Waals surface area contributed by atoms with Crippen molar-refractivity contribution in [2.24, 2.45) is 5.92 Å². The number of thiocarbonyl (C=S) groups is 1. The highest BCUT2D eigenvalue weighted by Gasteiger charge is 2.52. The Morgan fingerprint density at radius 2 is 1.77 bits per heavy atom. The zero-order chi connectivity index (χ0) is 40.5. The Balaban J connectivity index is 0.942. The molecule has 2 unspecified atom stereocenters. The van der Waals surface area contributed by atoms with Gasteiger partial charge in [0.05, 0.1) is 59.0 Å². The minimum atomic E-state index is -4.76. The van der Waals surface area contributed by atoms with Gasteiger partial charge >= 0.3 is 6.18 Å². The number of hydrogen-bond acceptors (Lipinski definition) is 9. The number of likely N-dealkylation sites (tertiary alicyclic amines) is 1. The van der Waals surface area contributed by atoms with Crippen molar-refractivity contribution >= 4 is 52.3 Å². The quantitative estimate of drug-likeness (QED) is 0.215. The van der Waals surface area contributed by atoms with Gasteiger partial charge in [0.1, 0.15) is 5.54 Å². The van der Waals surface area contributed by atoms with Crippen LogP contribution < -0.4 is 15.5 Å². The lowest BCUT2D eigenvalue weighted by molar-refractivity contribution is -0.138. The lowest BCUT2D eigenvalue weighted by Crippen LogP contribution is -2.51. The van der Waals surface area contributed by atoms with E-state index >= 15 is 0 Å². The van der Waals surface area contributed by atoms with Crippen LogP contribution in [0.1, 0.15) is 108 Å². The number of aromatic nitrogens is 1. The van der Waals surface area contributed by atoms with Crippen LogP contribution in [0.3, 0.4) is 0 Å². The van der Waals surface area contributed by atoms with Crippen LogP contribution >= 0.6 is 12.2 Å². The maximum atomic E-state index is 13.7. The lowest BCUT2D eigenvalue weighted by Gasteiger charge is -2.42. The molecule has 1 aromatic heterocycles. The molecule has 4 fully saturated rings. The Hall–Kier alpha value is -4.46. The monoisotopic (exact) mass is 795 g/mol. The van der Waals surface area contributed by atoms with E-state index in [2.05, 4.69) is 34.4 Å². The van der Waals surface area contributed by atoms with E-state index < -0.39 is 34.7 Å². The molecule has 4 atom stereocenters. The van der Waals surface area contributed by atoms with Gasteiger partial charge in [-0.15, -0.1) is 0 Å². The van der Waals surface area contributed by atoms with Crippen LogP contribution in [-0.4, -0.2) is 86.4 Å². The standard InChI is InChI=1S/C40H48F3N7O5S/c1-23-17-30(18-24(2)48(23)22-35(52)46-27-8-13-33(45-21-27)31-12-14-34(51)47-36(31)53)55-16-15-25-5-9-28(10-6-25)50-38(56)49(37(54)39(50,3)4)29-11-7-26(20-44)32(19-29)40(41,42)43/h7-8,11,13,19,21,23-25,28,30-31H,5-6,9-10,12,14-18,22H2,1-4H3,(H,46,52)(H,47,51,53)/t23-,24+,25?,28?,30?,31?. The number of halogens is 3. The number of alkyl halides is 3. The number of nitrogens with zero attached hydrogens (tertiary/aromatic N) is 5. The van der Waals surface area contributed by atoms with Gasteiger partial charge in [-0.3, -0.25) is 39.3 Å². The number of amides is 4. The predicted octanol–water partition coefficient (Wildman–Crippen LogP) is 6.05. The number of nitriles is 1. The Bertz CT molecular complexity index is 1880. The highest BCUT2D eigenvalue weighted by Crippen LogP contribution is 2.41. The van der Waals surface area contributed by atoms with Gasteiger partial charge in [-0.25, -0.2) is 0 Å². The molecule has 4 aliphatic rings. The number of pyridine rings is 1. The average Bonchev–Trinajstić information content (AvgIpc) is 3.32. The van der Waals surface area contributed by atoms with Crippen LogP contribution in [0.2, 0.25) is 0 Å². The van der Waals surface area contributed by atoms with Crippen molar-refractivity contribution in [2.75, 3.05) is 23.4 Å². The summed E-state index contributed by atoms with van der Waals surface area (Å²) < 4.78 is 47.6. The van der Waals surface area contributed by atoms with E-state index in [0.29, 0.717) is 30.3 Å². The van der Waals surface area contributed by atoms with Gasteiger partial charge in [-0.1, -0.05) is 0 Å². The summed E-state index contributed by atoms with van der Waals surface area (Å²) in [6.07, 6.45) is 3.37. The fraction of sp³-hybridized carbons (Fsp3) is 0.575. The number of carbonyl (C=O) groups excluding carboxylic acids is 4. The number of nitrogens with one attached hydrogen (secondary N) is 2. The summed E-state index contributed by atoms with van der Waals surface area (Å²) in [4.78, 5) is 59.9. The van der Waals surface area contributed by atoms with Gasteiger partial charge in [0.15, 0.2) is 5.11 Å². The number of rotatable bonds is 10. The van der Waals surface area contributed by atoms with E-state index in [1.54, 1.807) is 32.0 Å². The molecule has 0 spiro atoms. The molecular weight excluding hydrogens is 748 g/mol. The summed E-state index contributed by atoms with van der Waals surface area (Å²) in [7, 11) is 0. The first kappa shape index (κ1) is 41.2. The summed E-state index contributed by atoms with van der Waals surface area (Å²) in [6, 6.07) is 8.45. The van der Waals surface area contributed by atoms with E-state index in [1.165, 1.54) is 17.2 Å². The SMILES string of the molecule is C[C@@H]1CC(OCCC2CCC(N3C(=S)N(c4ccc(C#N)c(C(F)(F)F)c4)C(=O)C3(C)C)CC2)C[C@H](C)N1CC(=O)Nc1ccc(C2CCC(=O)NC2=O)nc1. The molecule has 4 heterocycles. The van der Waals surface area contributed by atoms with E-state index in [1.807, 2.05) is 4.90 Å². The van der Waals surface area contributed by atoms with Gasteiger partial charge in [0.25, 0.3) is 5.91 Å². The molecule has 12 nitrogen and oxygen atoms in total. The molecule has 3 saturated heterocycles. The van der Waals surface area contributed by atoms with Crippen LogP contribution in [-0.2, 0) is 30.1 Å². The number of ether oxygens (including phenoxy) is 1. The molecule has 2 N–H and O–H groups in total.